The molecule has 0 bridgehead atoms. The zero-order valence-electron chi connectivity index (χ0n) is 55.9. The topological polar surface area (TPSA) is 164 Å². The quantitative estimate of drug-likeness (QED) is 0.0272. The third kappa shape index (κ3) is 66.6. The Morgan fingerprint density at radius 2 is 0.308 bits per heavy atom. The van der Waals surface area contributed by atoms with Gasteiger partial charge in [-0.15, -0.1) is 0 Å². The minimum absolute atomic E-state index is 1.35. The highest BCUT2D eigenvalue weighted by Crippen LogP contribution is 2.20. The molecule has 0 atom stereocenters. The summed E-state index contributed by atoms with van der Waals surface area (Å²) in [6, 6.07) is 0. The van der Waals surface area contributed by atoms with Gasteiger partial charge in [-0.3, -0.25) is 4.55 Å². The van der Waals surface area contributed by atoms with Crippen LogP contribution in [-0.4, -0.2) is 140 Å². The maximum Gasteiger partial charge on any atom is 0.215 e. The molecule has 0 aliphatic rings. The van der Waals surface area contributed by atoms with Crippen LogP contribution in [0.15, 0.2) is 0 Å². The fourth-order valence-corrected chi connectivity index (χ4v) is 10.6. The third-order valence-corrected chi connectivity index (χ3v) is 15.8. The molecule has 0 aromatic heterocycles. The Morgan fingerprint density at radius 1 is 0.256 bits per heavy atom. The van der Waals surface area contributed by atoms with Gasteiger partial charge in [0.25, 0.3) is 0 Å². The predicted octanol–water partition coefficient (Wildman–Crippen LogP) is 16.2. The van der Waals surface area contributed by atoms with Crippen molar-refractivity contribution in [2.24, 2.45) is 0 Å². The Morgan fingerprint density at radius 3 is 0.346 bits per heavy atom. The summed E-state index contributed by atoms with van der Waals surface area (Å²) in [7, 11) is -10.3. The number of unbranched alkanes of at least 4 members (excludes halogenated alkanes) is 16. The lowest BCUT2D eigenvalue weighted by atomic mass is 10.1. The third-order valence-electron chi connectivity index (χ3n) is 15.8. The number of rotatable bonds is 48. The predicted molar refractivity (Wildman–Crippen MR) is 337 cm³/mol. The van der Waals surface area contributed by atoms with Crippen molar-refractivity contribution in [2.45, 2.75) is 316 Å². The van der Waals surface area contributed by atoms with Crippen molar-refractivity contribution >= 4 is 18.2 Å². The van der Waals surface area contributed by atoms with Crippen molar-refractivity contribution in [3.8, 4) is 0 Å². The summed E-state index contributed by atoms with van der Waals surface area (Å²) in [5.41, 5.74) is 0. The van der Waals surface area contributed by atoms with E-state index in [0.29, 0.717) is 0 Å². The van der Waals surface area contributed by atoms with Crippen molar-refractivity contribution in [3.63, 3.8) is 0 Å². The summed E-state index contributed by atoms with van der Waals surface area (Å²) in [4.78, 5) is 25.6. The number of phosphoric acid groups is 1. The molecule has 0 saturated carbocycles. The SMILES string of the molecule is CCCC[N+](CCCC)(CCCC)CCCC.CCCC[N+](CCCC)(CCCC)CCCC.CCCC[N+](CCCC)(CCCC)CCCC.CCCC[N+](CCCC)(CCCC)CCCC.O=P([O-])([O-])[O-].O=S(=O)([O-])O. The van der Waals surface area contributed by atoms with Crippen LogP contribution in [0.4, 0.5) is 0 Å². The Bertz CT molecular complexity index is 998. The highest BCUT2D eigenvalue weighted by molar-refractivity contribution is 7.79. The van der Waals surface area contributed by atoms with Crippen LogP contribution in [0.25, 0.3) is 0 Å². The van der Waals surface area contributed by atoms with Crippen LogP contribution >= 0.6 is 7.82 Å². The Hall–Kier alpha value is -0.180. The van der Waals surface area contributed by atoms with Gasteiger partial charge in [0.05, 0.1) is 105 Å². The number of hydrogen-bond acceptors (Lipinski definition) is 7. The average molecular weight is 1160 g/mol. The van der Waals surface area contributed by atoms with Crippen LogP contribution in [0.3, 0.4) is 0 Å². The van der Waals surface area contributed by atoms with E-state index in [0.717, 1.165) is 0 Å². The molecule has 0 rings (SSSR count). The van der Waals surface area contributed by atoms with Gasteiger partial charge in [0, 0.05) is 0 Å². The molecule has 0 saturated heterocycles. The molecule has 0 spiro atoms. The van der Waals surface area contributed by atoms with Crippen molar-refractivity contribution in [1.29, 1.82) is 0 Å². The maximum absolute atomic E-state index is 8.63. The largest absolute Gasteiger partial charge is 0.822 e. The molecule has 0 heterocycles. The van der Waals surface area contributed by atoms with Gasteiger partial charge in [0.2, 0.25) is 10.4 Å². The first-order valence-corrected chi connectivity index (χ1v) is 36.6. The van der Waals surface area contributed by atoms with Gasteiger partial charge in [-0.1, -0.05) is 214 Å². The molecule has 78 heavy (non-hydrogen) atoms. The molecule has 0 unspecified atom stereocenters. The van der Waals surface area contributed by atoms with Crippen LogP contribution in [-0.2, 0) is 15.0 Å². The van der Waals surface area contributed by atoms with Gasteiger partial charge in [-0.25, -0.2) is 8.42 Å². The highest BCUT2D eigenvalue weighted by Gasteiger charge is 2.28. The minimum Gasteiger partial charge on any atom is -0.822 e. The second-order valence-corrected chi connectivity index (χ2v) is 25.2. The van der Waals surface area contributed by atoms with Crippen LogP contribution in [0.5, 0.6) is 0 Å². The van der Waals surface area contributed by atoms with E-state index >= 15 is 0 Å². The molecule has 0 fully saturated rings. The fraction of sp³-hybridized carbons (Fsp3) is 1.00. The van der Waals surface area contributed by atoms with Gasteiger partial charge in [-0.2, -0.15) is 7.82 Å². The molecule has 14 heteroatoms. The lowest BCUT2D eigenvalue weighted by molar-refractivity contribution is -0.929. The minimum atomic E-state index is -5.39. The Balaban J connectivity index is -0.000000209. The molecule has 0 radical (unpaired) electrons. The standard InChI is InChI=1S/4C16H36N.H3O4P.H2O4S/c4*1-5-9-13-17(14-10-6-2,15-11-7-3)16-12-8-4;2*1-5(2,3)4/h4*5-16H2,1-4H3;(H3,1,2,3,4);(H2,1,2,3,4)/q4*+1;;/p-4. The van der Waals surface area contributed by atoms with Gasteiger partial charge < -0.3 is 41.7 Å². The zero-order chi connectivity index (χ0) is 60.9. The zero-order valence-corrected chi connectivity index (χ0v) is 57.6. The molecular formula is C64H145N4O8PS. The number of quaternary nitrogens is 4. The maximum atomic E-state index is 8.63. The van der Waals surface area contributed by atoms with Gasteiger partial charge >= 0.3 is 0 Å². The molecule has 0 aromatic rings. The van der Waals surface area contributed by atoms with Crippen LogP contribution in [0.1, 0.15) is 316 Å². The van der Waals surface area contributed by atoms with Crippen molar-refractivity contribution in [2.75, 3.05) is 105 Å². The Labute approximate surface area is 491 Å². The van der Waals surface area contributed by atoms with E-state index < -0.39 is 18.2 Å². The highest BCUT2D eigenvalue weighted by atomic mass is 32.3. The van der Waals surface area contributed by atoms with Crippen molar-refractivity contribution in [3.05, 3.63) is 0 Å². The summed E-state index contributed by atoms with van der Waals surface area (Å²) in [5, 5.41) is 0. The van der Waals surface area contributed by atoms with E-state index in [4.69, 9.17) is 36.8 Å². The second-order valence-electron chi connectivity index (χ2n) is 23.5. The van der Waals surface area contributed by atoms with E-state index in [2.05, 4.69) is 111 Å². The normalized spacial score (nSPS) is 12.0. The molecular weight excluding hydrogens is 1020 g/mol. The van der Waals surface area contributed by atoms with E-state index in [1.54, 1.807) is 0 Å². The molecule has 0 aliphatic heterocycles. The first kappa shape index (κ1) is 89.0. The molecule has 480 valence electrons. The van der Waals surface area contributed by atoms with E-state index in [-0.39, 0.29) is 0 Å². The average Bonchev–Trinajstić information content (AvgIpc) is 3.41. The van der Waals surface area contributed by atoms with Gasteiger partial charge in [-0.05, 0) is 103 Å². The fourth-order valence-electron chi connectivity index (χ4n) is 10.6. The molecule has 0 aliphatic carbocycles. The van der Waals surface area contributed by atoms with Crippen LogP contribution in [0.2, 0.25) is 0 Å². The van der Waals surface area contributed by atoms with Crippen molar-refractivity contribution < 1.29 is 54.7 Å². The van der Waals surface area contributed by atoms with E-state index in [1.165, 1.54) is 328 Å². The molecule has 12 nitrogen and oxygen atoms in total. The van der Waals surface area contributed by atoms with Gasteiger partial charge in [0.15, 0.2) is 0 Å². The van der Waals surface area contributed by atoms with Crippen LogP contribution in [0, 0.1) is 0 Å². The summed E-state index contributed by atoms with van der Waals surface area (Å²) < 4.78 is 47.1. The summed E-state index contributed by atoms with van der Waals surface area (Å²) in [6.07, 6.45) is 44.2. The monoisotopic (exact) mass is 1160 g/mol. The molecule has 1 N–H and O–H groups in total. The summed E-state index contributed by atoms with van der Waals surface area (Å²) >= 11 is 0. The van der Waals surface area contributed by atoms with Gasteiger partial charge in [0.1, 0.15) is 0 Å². The number of nitrogens with zero attached hydrogens (tertiary/aromatic N) is 4. The van der Waals surface area contributed by atoms with E-state index in [9.17, 15) is 0 Å². The lowest BCUT2D eigenvalue weighted by Gasteiger charge is -2.39. The second kappa shape index (κ2) is 62.9. The molecule has 0 aromatic carbocycles. The number of hydrogen-bond donors (Lipinski definition) is 1. The summed E-state index contributed by atoms with van der Waals surface area (Å²) in [5.74, 6) is 0. The molecule has 0 amide bonds. The first-order chi connectivity index (χ1) is 37.0. The van der Waals surface area contributed by atoms with Crippen LogP contribution < -0.4 is 14.7 Å². The smallest absolute Gasteiger partial charge is 0.215 e. The van der Waals surface area contributed by atoms with Crippen molar-refractivity contribution in [1.82, 2.24) is 0 Å². The van der Waals surface area contributed by atoms with E-state index in [1.807, 2.05) is 0 Å². The summed E-state index contributed by atoms with van der Waals surface area (Å²) in [6.45, 7) is 60.1. The lowest BCUT2D eigenvalue weighted by Crippen LogP contribution is -2.50. The first-order valence-electron chi connectivity index (χ1n) is 33.8. The Kier molecular flexibility index (Phi) is 71.7.